The second-order valence-electron chi connectivity index (χ2n) is 5.75. The lowest BCUT2D eigenvalue weighted by Gasteiger charge is -2.30. The Morgan fingerprint density at radius 1 is 1.50 bits per heavy atom. The molecule has 3 rings (SSSR count). The van der Waals surface area contributed by atoms with Gasteiger partial charge in [0.15, 0.2) is 0 Å². The van der Waals surface area contributed by atoms with Gasteiger partial charge in [0.05, 0.1) is 12.0 Å². The first-order valence-electron chi connectivity index (χ1n) is 7.42. The molecule has 0 bridgehead atoms. The number of rotatable bonds is 5. The van der Waals surface area contributed by atoms with Crippen LogP contribution >= 0.6 is 11.3 Å². The molecule has 1 saturated heterocycles. The van der Waals surface area contributed by atoms with Gasteiger partial charge in [-0.15, -0.1) is 11.3 Å². The van der Waals surface area contributed by atoms with Gasteiger partial charge in [0.1, 0.15) is 5.75 Å². The highest BCUT2D eigenvalue weighted by Gasteiger charge is 2.35. The molecule has 5 heteroatoms. The number of amides is 1. The van der Waals surface area contributed by atoms with Gasteiger partial charge in [-0.1, -0.05) is 0 Å². The van der Waals surface area contributed by atoms with Crippen molar-refractivity contribution in [1.29, 1.82) is 0 Å². The summed E-state index contributed by atoms with van der Waals surface area (Å²) >= 11 is 1.49. The number of methoxy groups -OCH3 is 1. The number of thiophene rings is 1. The Labute approximate surface area is 124 Å². The Balaban J connectivity index is 1.67. The number of piperidine rings is 1. The summed E-state index contributed by atoms with van der Waals surface area (Å²) in [6.07, 6.45) is 4.78. The van der Waals surface area contributed by atoms with Gasteiger partial charge in [-0.25, -0.2) is 0 Å². The predicted octanol–water partition coefficient (Wildman–Crippen LogP) is 2.36. The van der Waals surface area contributed by atoms with E-state index in [2.05, 4.69) is 10.2 Å². The van der Waals surface area contributed by atoms with E-state index in [9.17, 15) is 4.79 Å². The van der Waals surface area contributed by atoms with E-state index in [0.717, 1.165) is 43.1 Å². The zero-order valence-electron chi connectivity index (χ0n) is 11.9. The van der Waals surface area contributed by atoms with E-state index in [-0.39, 0.29) is 5.91 Å². The number of hydrogen-bond acceptors (Lipinski definition) is 4. The van der Waals surface area contributed by atoms with Gasteiger partial charge in [0.2, 0.25) is 0 Å². The first-order chi connectivity index (χ1) is 9.78. The maximum atomic E-state index is 12.7. The second kappa shape index (κ2) is 6.14. The summed E-state index contributed by atoms with van der Waals surface area (Å²) < 4.78 is 5.18. The van der Waals surface area contributed by atoms with Gasteiger partial charge < -0.3 is 15.0 Å². The quantitative estimate of drug-likeness (QED) is 0.906. The lowest BCUT2D eigenvalue weighted by atomic mass is 9.99. The second-order valence-corrected chi connectivity index (χ2v) is 6.66. The molecule has 1 unspecified atom stereocenters. The van der Waals surface area contributed by atoms with Crippen molar-refractivity contribution >= 4 is 17.2 Å². The van der Waals surface area contributed by atoms with E-state index in [1.165, 1.54) is 24.2 Å². The summed E-state index contributed by atoms with van der Waals surface area (Å²) in [5.74, 6) is 1.58. The van der Waals surface area contributed by atoms with Crippen LogP contribution in [0.1, 0.15) is 35.4 Å². The van der Waals surface area contributed by atoms with Gasteiger partial charge in [-0.05, 0) is 44.7 Å². The number of ether oxygens (including phenoxy) is 1. The number of carbonyl (C=O) groups excluding carboxylic acids is 1. The highest BCUT2D eigenvalue weighted by Crippen LogP contribution is 2.32. The number of hydrogen-bond donors (Lipinski definition) is 1. The van der Waals surface area contributed by atoms with Crippen molar-refractivity contribution in [3.63, 3.8) is 0 Å². The molecule has 1 aliphatic carbocycles. The van der Waals surface area contributed by atoms with E-state index in [1.807, 2.05) is 11.4 Å². The molecule has 2 fully saturated rings. The molecule has 1 saturated carbocycles. The maximum absolute atomic E-state index is 12.7. The Hall–Kier alpha value is -1.07. The fourth-order valence-corrected chi connectivity index (χ4v) is 3.63. The lowest BCUT2D eigenvalue weighted by molar-refractivity contribution is 0.0709. The average Bonchev–Trinajstić information content (AvgIpc) is 3.21. The zero-order valence-corrected chi connectivity index (χ0v) is 12.7. The van der Waals surface area contributed by atoms with Crippen molar-refractivity contribution in [2.24, 2.45) is 5.92 Å². The Bertz CT molecular complexity index is 464. The number of carbonyl (C=O) groups is 1. The molecule has 20 heavy (non-hydrogen) atoms. The van der Waals surface area contributed by atoms with Crippen LogP contribution in [0.5, 0.6) is 5.75 Å². The molecular formula is C15H22N2O2S. The molecule has 110 valence electrons. The molecule has 1 amide bonds. The summed E-state index contributed by atoms with van der Waals surface area (Å²) in [6.45, 7) is 3.07. The van der Waals surface area contributed by atoms with Gasteiger partial charge >= 0.3 is 0 Å². The summed E-state index contributed by atoms with van der Waals surface area (Å²) in [7, 11) is 1.64. The fourth-order valence-electron chi connectivity index (χ4n) is 2.82. The van der Waals surface area contributed by atoms with Crippen molar-refractivity contribution in [1.82, 2.24) is 10.2 Å². The molecule has 0 spiro atoms. The molecule has 2 heterocycles. The van der Waals surface area contributed by atoms with Crippen molar-refractivity contribution in [2.75, 3.05) is 26.7 Å². The molecule has 1 aliphatic heterocycles. The average molecular weight is 294 g/mol. The van der Waals surface area contributed by atoms with Crippen LogP contribution in [0.3, 0.4) is 0 Å². The molecular weight excluding hydrogens is 272 g/mol. The SMILES string of the molecule is COc1csc(C(=O)N(CC2CCCNC2)C2CC2)c1. The minimum Gasteiger partial charge on any atom is -0.496 e. The largest absolute Gasteiger partial charge is 0.496 e. The molecule has 2 aliphatic rings. The monoisotopic (exact) mass is 294 g/mol. The van der Waals surface area contributed by atoms with Crippen LogP contribution in [0.15, 0.2) is 11.4 Å². The third kappa shape index (κ3) is 3.15. The molecule has 1 N–H and O–H groups in total. The van der Waals surface area contributed by atoms with Gasteiger partial charge in [0, 0.05) is 24.0 Å². The third-order valence-corrected chi connectivity index (χ3v) is 5.02. The summed E-state index contributed by atoms with van der Waals surface area (Å²) in [6, 6.07) is 2.33. The van der Waals surface area contributed by atoms with Crippen LogP contribution in [0.2, 0.25) is 0 Å². The molecule has 0 radical (unpaired) electrons. The van der Waals surface area contributed by atoms with E-state index in [0.29, 0.717) is 12.0 Å². The van der Waals surface area contributed by atoms with E-state index in [4.69, 9.17) is 4.74 Å². The number of nitrogens with zero attached hydrogens (tertiary/aromatic N) is 1. The van der Waals surface area contributed by atoms with E-state index < -0.39 is 0 Å². The topological polar surface area (TPSA) is 41.6 Å². The fraction of sp³-hybridized carbons (Fsp3) is 0.667. The minimum atomic E-state index is 0.186. The summed E-state index contributed by atoms with van der Waals surface area (Å²) in [5, 5.41) is 5.34. The smallest absolute Gasteiger partial charge is 0.264 e. The van der Waals surface area contributed by atoms with E-state index >= 15 is 0 Å². The molecule has 1 atom stereocenters. The third-order valence-electron chi connectivity index (χ3n) is 4.12. The van der Waals surface area contributed by atoms with Crippen molar-refractivity contribution in [2.45, 2.75) is 31.7 Å². The van der Waals surface area contributed by atoms with Gasteiger partial charge in [0.25, 0.3) is 5.91 Å². The standard InChI is InChI=1S/C15H22N2O2S/c1-19-13-7-14(20-10-13)15(18)17(12-4-5-12)9-11-3-2-6-16-8-11/h7,10-12,16H,2-6,8-9H2,1H3. The Morgan fingerprint density at radius 2 is 2.35 bits per heavy atom. The minimum absolute atomic E-state index is 0.186. The van der Waals surface area contributed by atoms with E-state index in [1.54, 1.807) is 7.11 Å². The highest BCUT2D eigenvalue weighted by atomic mass is 32.1. The van der Waals surface area contributed by atoms with Crippen molar-refractivity contribution in [3.8, 4) is 5.75 Å². The number of nitrogens with one attached hydrogen (secondary N) is 1. The molecule has 4 nitrogen and oxygen atoms in total. The molecule has 0 aromatic carbocycles. The first kappa shape index (κ1) is 13.9. The summed E-state index contributed by atoms with van der Waals surface area (Å²) in [4.78, 5) is 15.6. The van der Waals surface area contributed by atoms with Crippen LogP contribution in [0, 0.1) is 5.92 Å². The first-order valence-corrected chi connectivity index (χ1v) is 8.30. The van der Waals surface area contributed by atoms with Gasteiger partial charge in [-0.2, -0.15) is 0 Å². The van der Waals surface area contributed by atoms with Crippen LogP contribution in [0.25, 0.3) is 0 Å². The predicted molar refractivity (Wildman–Crippen MR) is 80.5 cm³/mol. The van der Waals surface area contributed by atoms with Crippen LogP contribution in [-0.2, 0) is 0 Å². The van der Waals surface area contributed by atoms with Crippen LogP contribution in [-0.4, -0.2) is 43.6 Å². The Morgan fingerprint density at radius 3 is 2.95 bits per heavy atom. The highest BCUT2D eigenvalue weighted by molar-refractivity contribution is 7.12. The van der Waals surface area contributed by atoms with Crippen LogP contribution in [0.4, 0.5) is 0 Å². The maximum Gasteiger partial charge on any atom is 0.264 e. The normalized spacial score (nSPS) is 22.6. The van der Waals surface area contributed by atoms with Crippen molar-refractivity contribution in [3.05, 3.63) is 16.3 Å². The lowest BCUT2D eigenvalue weighted by Crippen LogP contribution is -2.42. The van der Waals surface area contributed by atoms with Crippen LogP contribution < -0.4 is 10.1 Å². The summed E-state index contributed by atoms with van der Waals surface area (Å²) in [5.41, 5.74) is 0. The molecule has 1 aromatic heterocycles. The molecule has 1 aromatic rings. The van der Waals surface area contributed by atoms with Gasteiger partial charge in [-0.3, -0.25) is 4.79 Å². The zero-order chi connectivity index (χ0) is 13.9. The Kier molecular flexibility index (Phi) is 4.27. The van der Waals surface area contributed by atoms with Crippen molar-refractivity contribution < 1.29 is 9.53 Å².